The molecule has 110 valence electrons. The zero-order valence-corrected chi connectivity index (χ0v) is 11.7. The van der Waals surface area contributed by atoms with E-state index in [1.54, 1.807) is 6.20 Å². The second kappa shape index (κ2) is 5.95. The van der Waals surface area contributed by atoms with E-state index in [1.807, 2.05) is 24.3 Å². The maximum Gasteiger partial charge on any atom is 0.407 e. The van der Waals surface area contributed by atoms with Crippen LogP contribution in [0.2, 0.25) is 0 Å². The van der Waals surface area contributed by atoms with Gasteiger partial charge in [-0.1, -0.05) is 0 Å². The molecule has 0 saturated carbocycles. The lowest BCUT2D eigenvalue weighted by Gasteiger charge is -2.33. The molecular formula is C15H18N4O2. The molecule has 1 atom stereocenters. The maximum atomic E-state index is 11.2. The molecule has 0 bridgehead atoms. The van der Waals surface area contributed by atoms with Crippen molar-refractivity contribution in [3.8, 4) is 0 Å². The van der Waals surface area contributed by atoms with Gasteiger partial charge in [0.2, 0.25) is 0 Å². The van der Waals surface area contributed by atoms with Crippen molar-refractivity contribution in [2.75, 3.05) is 18.4 Å². The number of hydrogen-bond acceptors (Lipinski definition) is 4. The van der Waals surface area contributed by atoms with E-state index in [1.165, 1.54) is 4.90 Å². The zero-order valence-electron chi connectivity index (χ0n) is 11.7. The molecule has 1 aliphatic heterocycles. The Kier molecular flexibility index (Phi) is 3.85. The van der Waals surface area contributed by atoms with Crippen molar-refractivity contribution in [2.45, 2.75) is 25.3 Å². The Balaban J connectivity index is 1.69. The lowest BCUT2D eigenvalue weighted by atomic mass is 10.0. The molecule has 1 fully saturated rings. The number of nitrogens with zero attached hydrogens (tertiary/aromatic N) is 3. The molecule has 6 heteroatoms. The molecule has 1 aliphatic rings. The molecule has 0 aromatic carbocycles. The SMILES string of the molecule is O=C(O)N1CCCCC1CNc1ccc2cccnc2n1. The van der Waals surface area contributed by atoms with E-state index in [0.717, 1.165) is 30.5 Å². The van der Waals surface area contributed by atoms with Gasteiger partial charge in [-0.15, -0.1) is 0 Å². The van der Waals surface area contributed by atoms with Crippen molar-refractivity contribution in [2.24, 2.45) is 0 Å². The monoisotopic (exact) mass is 286 g/mol. The van der Waals surface area contributed by atoms with Crippen molar-refractivity contribution >= 4 is 22.9 Å². The van der Waals surface area contributed by atoms with Crippen LogP contribution < -0.4 is 5.32 Å². The van der Waals surface area contributed by atoms with Crippen molar-refractivity contribution in [3.63, 3.8) is 0 Å². The number of anilines is 1. The van der Waals surface area contributed by atoms with Crippen molar-refractivity contribution in [1.29, 1.82) is 0 Å². The van der Waals surface area contributed by atoms with Gasteiger partial charge in [-0.25, -0.2) is 14.8 Å². The third-order valence-corrected chi connectivity index (χ3v) is 3.86. The number of nitrogens with one attached hydrogen (secondary N) is 1. The van der Waals surface area contributed by atoms with Gasteiger partial charge < -0.3 is 15.3 Å². The Morgan fingerprint density at radius 2 is 2.29 bits per heavy atom. The van der Waals surface area contributed by atoms with Crippen LogP contribution in [-0.2, 0) is 0 Å². The van der Waals surface area contributed by atoms with Crippen LogP contribution in [0.5, 0.6) is 0 Å². The number of aromatic nitrogens is 2. The summed E-state index contributed by atoms with van der Waals surface area (Å²) in [5, 5.41) is 13.4. The highest BCUT2D eigenvalue weighted by Gasteiger charge is 2.25. The fourth-order valence-corrected chi connectivity index (χ4v) is 2.74. The summed E-state index contributed by atoms with van der Waals surface area (Å²) in [7, 11) is 0. The first-order chi connectivity index (χ1) is 10.2. The van der Waals surface area contributed by atoms with Gasteiger partial charge >= 0.3 is 6.09 Å². The minimum atomic E-state index is -0.838. The van der Waals surface area contributed by atoms with Crippen LogP contribution in [0.25, 0.3) is 11.0 Å². The molecule has 0 spiro atoms. The zero-order chi connectivity index (χ0) is 14.7. The molecule has 2 aromatic rings. The summed E-state index contributed by atoms with van der Waals surface area (Å²) in [6.45, 7) is 1.20. The van der Waals surface area contributed by atoms with Crippen LogP contribution in [0.1, 0.15) is 19.3 Å². The number of likely N-dealkylation sites (tertiary alicyclic amines) is 1. The molecule has 1 unspecified atom stereocenters. The quantitative estimate of drug-likeness (QED) is 0.906. The second-order valence-corrected chi connectivity index (χ2v) is 5.25. The molecule has 21 heavy (non-hydrogen) atoms. The Hall–Kier alpha value is -2.37. The van der Waals surface area contributed by atoms with Crippen LogP contribution in [-0.4, -0.2) is 45.2 Å². The van der Waals surface area contributed by atoms with Gasteiger partial charge in [0.1, 0.15) is 5.82 Å². The van der Waals surface area contributed by atoms with Gasteiger partial charge in [0.15, 0.2) is 5.65 Å². The molecule has 1 amide bonds. The number of fused-ring (bicyclic) bond motifs is 1. The lowest BCUT2D eigenvalue weighted by Crippen LogP contribution is -2.46. The van der Waals surface area contributed by atoms with E-state index in [0.29, 0.717) is 18.7 Å². The third-order valence-electron chi connectivity index (χ3n) is 3.86. The van der Waals surface area contributed by atoms with E-state index in [-0.39, 0.29) is 6.04 Å². The Morgan fingerprint density at radius 3 is 3.14 bits per heavy atom. The third kappa shape index (κ3) is 3.04. The molecule has 0 radical (unpaired) electrons. The van der Waals surface area contributed by atoms with Gasteiger partial charge in [0, 0.05) is 24.7 Å². The smallest absolute Gasteiger partial charge is 0.407 e. The normalized spacial score (nSPS) is 18.7. The van der Waals surface area contributed by atoms with E-state index in [9.17, 15) is 9.90 Å². The maximum absolute atomic E-state index is 11.2. The molecular weight excluding hydrogens is 268 g/mol. The highest BCUT2D eigenvalue weighted by molar-refractivity contribution is 5.76. The van der Waals surface area contributed by atoms with Gasteiger partial charge in [-0.2, -0.15) is 0 Å². The molecule has 3 heterocycles. The van der Waals surface area contributed by atoms with Crippen LogP contribution in [0, 0.1) is 0 Å². The largest absolute Gasteiger partial charge is 0.465 e. The van der Waals surface area contributed by atoms with Crippen LogP contribution >= 0.6 is 0 Å². The van der Waals surface area contributed by atoms with Crippen molar-refractivity contribution < 1.29 is 9.90 Å². The summed E-state index contributed by atoms with van der Waals surface area (Å²) in [6.07, 6.45) is 3.79. The van der Waals surface area contributed by atoms with Gasteiger partial charge in [-0.05, 0) is 43.5 Å². The molecule has 2 aromatic heterocycles. The summed E-state index contributed by atoms with van der Waals surface area (Å²) < 4.78 is 0. The van der Waals surface area contributed by atoms with E-state index in [2.05, 4.69) is 15.3 Å². The summed E-state index contributed by atoms with van der Waals surface area (Å²) in [5.41, 5.74) is 0.696. The molecule has 2 N–H and O–H groups in total. The number of carbonyl (C=O) groups is 1. The van der Waals surface area contributed by atoms with Crippen molar-refractivity contribution in [3.05, 3.63) is 30.5 Å². The average Bonchev–Trinajstić information content (AvgIpc) is 2.53. The fourth-order valence-electron chi connectivity index (χ4n) is 2.74. The van der Waals surface area contributed by atoms with E-state index in [4.69, 9.17) is 0 Å². The first-order valence-electron chi connectivity index (χ1n) is 7.19. The van der Waals surface area contributed by atoms with Gasteiger partial charge in [0.25, 0.3) is 0 Å². The van der Waals surface area contributed by atoms with Gasteiger partial charge in [0.05, 0.1) is 6.04 Å². The number of hydrogen-bond donors (Lipinski definition) is 2. The minimum Gasteiger partial charge on any atom is -0.465 e. The Bertz CT molecular complexity index is 646. The molecule has 3 rings (SSSR count). The van der Waals surface area contributed by atoms with Crippen molar-refractivity contribution in [1.82, 2.24) is 14.9 Å². The number of pyridine rings is 2. The number of carboxylic acid groups (broad SMARTS) is 1. The summed E-state index contributed by atoms with van der Waals surface area (Å²) in [5.74, 6) is 0.733. The highest BCUT2D eigenvalue weighted by Crippen LogP contribution is 2.18. The summed E-state index contributed by atoms with van der Waals surface area (Å²) in [4.78, 5) is 21.4. The predicted octanol–water partition coefficient (Wildman–Crippen LogP) is 2.57. The first-order valence-corrected chi connectivity index (χ1v) is 7.19. The minimum absolute atomic E-state index is 0.0116. The predicted molar refractivity (Wildman–Crippen MR) is 80.4 cm³/mol. The van der Waals surface area contributed by atoms with E-state index >= 15 is 0 Å². The number of amides is 1. The highest BCUT2D eigenvalue weighted by atomic mass is 16.4. The Labute approximate surface area is 122 Å². The topological polar surface area (TPSA) is 78.4 Å². The number of piperidine rings is 1. The molecule has 6 nitrogen and oxygen atoms in total. The summed E-state index contributed by atoms with van der Waals surface area (Å²) >= 11 is 0. The summed E-state index contributed by atoms with van der Waals surface area (Å²) in [6, 6.07) is 7.72. The fraction of sp³-hybridized carbons (Fsp3) is 0.400. The molecule has 0 aliphatic carbocycles. The first kappa shape index (κ1) is 13.6. The molecule has 1 saturated heterocycles. The number of rotatable bonds is 3. The van der Waals surface area contributed by atoms with Crippen LogP contribution in [0.3, 0.4) is 0 Å². The Morgan fingerprint density at radius 1 is 1.38 bits per heavy atom. The van der Waals surface area contributed by atoms with Gasteiger partial charge in [-0.3, -0.25) is 0 Å². The van der Waals surface area contributed by atoms with Crippen LogP contribution in [0.15, 0.2) is 30.5 Å². The standard InChI is InChI=1S/C15H18N4O2/c20-15(21)19-9-2-1-5-12(19)10-17-13-7-6-11-4-3-8-16-14(11)18-13/h3-4,6-8,12H,1-2,5,9-10H2,(H,20,21)(H,16,17,18). The lowest BCUT2D eigenvalue weighted by molar-refractivity contribution is 0.110. The van der Waals surface area contributed by atoms with E-state index < -0.39 is 6.09 Å². The van der Waals surface area contributed by atoms with Crippen LogP contribution in [0.4, 0.5) is 10.6 Å². The average molecular weight is 286 g/mol. The second-order valence-electron chi connectivity index (χ2n) is 5.25.